The van der Waals surface area contributed by atoms with Gasteiger partial charge in [0.05, 0.1) is 12.7 Å². The third-order valence-corrected chi connectivity index (χ3v) is 1.11. The highest BCUT2D eigenvalue weighted by atomic mass is 16.5. The van der Waals surface area contributed by atoms with Gasteiger partial charge in [-0.25, -0.2) is 0 Å². The summed E-state index contributed by atoms with van der Waals surface area (Å²) in [6.07, 6.45) is -0.0417. The normalized spacial score (nSPS) is 10.8. The number of ether oxygens (including phenoxy) is 1. The van der Waals surface area contributed by atoms with Crippen LogP contribution in [0.3, 0.4) is 0 Å². The van der Waals surface area contributed by atoms with Crippen molar-refractivity contribution in [3.05, 3.63) is 0 Å². The van der Waals surface area contributed by atoms with E-state index < -0.39 is 0 Å². The van der Waals surface area contributed by atoms with Crippen molar-refractivity contribution in [1.29, 1.82) is 0 Å². The van der Waals surface area contributed by atoms with Crippen LogP contribution in [0.4, 0.5) is 0 Å². The second-order valence-electron chi connectivity index (χ2n) is 2.30. The van der Waals surface area contributed by atoms with Crippen LogP contribution in [0.25, 0.3) is 0 Å². The van der Waals surface area contributed by atoms with Gasteiger partial charge in [0, 0.05) is 13.7 Å². The van der Waals surface area contributed by atoms with Gasteiger partial charge in [0.2, 0.25) is 0 Å². The Hall–Kier alpha value is -0.120. The summed E-state index contributed by atoms with van der Waals surface area (Å²) >= 11 is 0. The van der Waals surface area contributed by atoms with E-state index in [1.165, 1.54) is 0 Å². The van der Waals surface area contributed by atoms with Gasteiger partial charge in [0.25, 0.3) is 0 Å². The molecule has 0 heterocycles. The number of methoxy groups -OCH3 is 1. The molecule has 0 aliphatic heterocycles. The van der Waals surface area contributed by atoms with Crippen LogP contribution in [0.1, 0.15) is 27.7 Å². The monoisotopic (exact) mass is 193 g/mol. The van der Waals surface area contributed by atoms with Crippen LogP contribution < -0.4 is 0 Å². The molecule has 0 spiro atoms. The number of hydrogen-bond donors (Lipinski definition) is 1. The van der Waals surface area contributed by atoms with Crippen LogP contribution in [-0.2, 0) is 4.74 Å². The zero-order valence-corrected chi connectivity index (χ0v) is 10.3. The van der Waals surface area contributed by atoms with Gasteiger partial charge in [-0.3, -0.25) is 0 Å². The minimum Gasteiger partial charge on any atom is -0.394 e. The highest BCUT2D eigenvalue weighted by Gasteiger charge is 2.04. The largest absolute Gasteiger partial charge is 0.394 e. The van der Waals surface area contributed by atoms with E-state index >= 15 is 0 Å². The lowest BCUT2D eigenvalue weighted by molar-refractivity contribution is 0.0318. The molecule has 0 saturated heterocycles. The molecule has 0 fully saturated rings. The minimum absolute atomic E-state index is 0.0417. The molecule has 84 valence electrons. The maximum absolute atomic E-state index is 8.62. The van der Waals surface area contributed by atoms with E-state index in [9.17, 15) is 0 Å². The van der Waals surface area contributed by atoms with Gasteiger partial charge in [0.15, 0.2) is 0 Å². The highest BCUT2D eigenvalue weighted by Crippen LogP contribution is 1.88. The molecule has 3 heteroatoms. The average Bonchev–Trinajstić information content (AvgIpc) is 2.20. The van der Waals surface area contributed by atoms with Gasteiger partial charge in [-0.1, -0.05) is 27.7 Å². The summed E-state index contributed by atoms with van der Waals surface area (Å²) in [5.74, 6) is 0. The van der Waals surface area contributed by atoms with Gasteiger partial charge in [0.1, 0.15) is 0 Å². The Morgan fingerprint density at radius 3 is 1.62 bits per heavy atom. The summed E-state index contributed by atoms with van der Waals surface area (Å²) < 4.78 is 4.92. The Morgan fingerprint density at radius 1 is 1.15 bits per heavy atom. The summed E-state index contributed by atoms with van der Waals surface area (Å²) in [6, 6.07) is 0. The SMILES string of the molecule is CC.CC.COC(CO)CN(C)C. The highest BCUT2D eigenvalue weighted by molar-refractivity contribution is 4.57. The van der Waals surface area contributed by atoms with Gasteiger partial charge < -0.3 is 14.7 Å². The zero-order valence-electron chi connectivity index (χ0n) is 10.3. The fourth-order valence-electron chi connectivity index (χ4n) is 0.614. The Balaban J connectivity index is -0.000000218. The predicted molar refractivity (Wildman–Crippen MR) is 59.1 cm³/mol. The standard InChI is InChI=1S/C6H15NO2.2C2H6/c1-7(2)4-6(5-8)9-3;2*1-2/h6,8H,4-5H2,1-3H3;2*1-2H3. The van der Waals surface area contributed by atoms with Crippen molar-refractivity contribution in [3.8, 4) is 0 Å². The first-order valence-electron chi connectivity index (χ1n) is 4.99. The maximum atomic E-state index is 8.62. The van der Waals surface area contributed by atoms with E-state index in [2.05, 4.69) is 0 Å². The summed E-state index contributed by atoms with van der Waals surface area (Å²) in [5, 5.41) is 8.62. The molecule has 0 aliphatic rings. The van der Waals surface area contributed by atoms with Crippen molar-refractivity contribution >= 4 is 0 Å². The van der Waals surface area contributed by atoms with E-state index in [1.54, 1.807) is 7.11 Å². The zero-order chi connectivity index (χ0) is 11.3. The molecule has 0 amide bonds. The summed E-state index contributed by atoms with van der Waals surface area (Å²) in [5.41, 5.74) is 0. The van der Waals surface area contributed by atoms with Gasteiger partial charge in [-0.2, -0.15) is 0 Å². The Morgan fingerprint density at radius 2 is 1.54 bits per heavy atom. The first-order valence-corrected chi connectivity index (χ1v) is 4.99. The van der Waals surface area contributed by atoms with Gasteiger partial charge in [-0.15, -0.1) is 0 Å². The summed E-state index contributed by atoms with van der Waals surface area (Å²) in [4.78, 5) is 1.98. The molecule has 0 aliphatic carbocycles. The second kappa shape index (κ2) is 17.8. The van der Waals surface area contributed by atoms with Crippen molar-refractivity contribution in [2.75, 3.05) is 34.4 Å². The maximum Gasteiger partial charge on any atom is 0.0928 e. The summed E-state index contributed by atoms with van der Waals surface area (Å²) in [6.45, 7) is 8.86. The predicted octanol–water partition coefficient (Wildman–Crippen LogP) is 1.61. The molecule has 0 bridgehead atoms. The number of rotatable bonds is 4. The molecule has 13 heavy (non-hydrogen) atoms. The number of likely N-dealkylation sites (N-methyl/N-ethyl adjacent to an activating group) is 1. The molecule has 0 aromatic heterocycles. The van der Waals surface area contributed by atoms with E-state index in [4.69, 9.17) is 9.84 Å². The first kappa shape index (κ1) is 18.6. The molecule has 1 atom stereocenters. The lowest BCUT2D eigenvalue weighted by Gasteiger charge is -2.16. The fraction of sp³-hybridized carbons (Fsp3) is 1.00. The number of aliphatic hydroxyl groups is 1. The lowest BCUT2D eigenvalue weighted by Crippen LogP contribution is -2.30. The summed E-state index contributed by atoms with van der Waals surface area (Å²) in [7, 11) is 5.49. The average molecular weight is 193 g/mol. The first-order chi connectivity index (χ1) is 6.20. The van der Waals surface area contributed by atoms with Crippen molar-refractivity contribution in [1.82, 2.24) is 4.90 Å². The topological polar surface area (TPSA) is 32.7 Å². The minimum atomic E-state index is -0.0417. The molecule has 1 N–H and O–H groups in total. The van der Waals surface area contributed by atoms with Crippen molar-refractivity contribution < 1.29 is 9.84 Å². The van der Waals surface area contributed by atoms with Crippen molar-refractivity contribution in [2.45, 2.75) is 33.8 Å². The van der Waals surface area contributed by atoms with Crippen LogP contribution in [0.2, 0.25) is 0 Å². The Bertz CT molecular complexity index is 63.9. The third-order valence-electron chi connectivity index (χ3n) is 1.11. The molecule has 0 aromatic rings. The second-order valence-corrected chi connectivity index (χ2v) is 2.30. The van der Waals surface area contributed by atoms with Crippen LogP contribution in [0, 0.1) is 0 Å². The molecule has 0 radical (unpaired) electrons. The van der Waals surface area contributed by atoms with Gasteiger partial charge in [-0.05, 0) is 14.1 Å². The van der Waals surface area contributed by atoms with Crippen LogP contribution in [0.15, 0.2) is 0 Å². The molecule has 0 saturated carbocycles. The van der Waals surface area contributed by atoms with Crippen LogP contribution in [0.5, 0.6) is 0 Å². The molecule has 3 nitrogen and oxygen atoms in total. The van der Waals surface area contributed by atoms with E-state index in [0.29, 0.717) is 0 Å². The van der Waals surface area contributed by atoms with Crippen molar-refractivity contribution in [3.63, 3.8) is 0 Å². The Kier molecular flexibility index (Phi) is 25.5. The molecule has 0 rings (SSSR count). The van der Waals surface area contributed by atoms with Crippen LogP contribution >= 0.6 is 0 Å². The van der Waals surface area contributed by atoms with E-state index in [1.807, 2.05) is 46.7 Å². The van der Waals surface area contributed by atoms with Crippen molar-refractivity contribution in [2.24, 2.45) is 0 Å². The van der Waals surface area contributed by atoms with Crippen LogP contribution in [-0.4, -0.2) is 50.5 Å². The molecule has 1 unspecified atom stereocenters. The smallest absolute Gasteiger partial charge is 0.0928 e. The van der Waals surface area contributed by atoms with E-state index in [0.717, 1.165) is 6.54 Å². The Labute approximate surface area is 83.7 Å². The fourth-order valence-corrected chi connectivity index (χ4v) is 0.614. The molecular formula is C10H27NO2. The van der Waals surface area contributed by atoms with Gasteiger partial charge >= 0.3 is 0 Å². The number of hydrogen-bond acceptors (Lipinski definition) is 3. The quantitative estimate of drug-likeness (QED) is 0.736. The third kappa shape index (κ3) is 18.7. The molecule has 0 aromatic carbocycles. The molecular weight excluding hydrogens is 166 g/mol. The number of aliphatic hydroxyl groups excluding tert-OH is 1. The van der Waals surface area contributed by atoms with E-state index in [-0.39, 0.29) is 12.7 Å². The number of nitrogens with zero attached hydrogens (tertiary/aromatic N) is 1. The lowest BCUT2D eigenvalue weighted by atomic mass is 10.3.